The Hall–Kier alpha value is -0.630. The van der Waals surface area contributed by atoms with E-state index in [4.69, 9.17) is 10.2 Å². The zero-order valence-electron chi connectivity index (χ0n) is 4.13. The van der Waals surface area contributed by atoms with E-state index in [2.05, 4.69) is 0 Å². The van der Waals surface area contributed by atoms with Crippen molar-refractivity contribution in [3.05, 3.63) is 0 Å². The molecule has 0 saturated carbocycles. The highest BCUT2D eigenvalue weighted by molar-refractivity contribution is 6.92. The highest BCUT2D eigenvalue weighted by atomic mass is 31.0. The second kappa shape index (κ2) is 4.53. The molecule has 0 heterocycles. The van der Waals surface area contributed by atoms with Gasteiger partial charge in [0.05, 0.1) is 0 Å². The number of hydrogen-bond acceptors (Lipinski definition) is 2. The van der Waals surface area contributed by atoms with Crippen LogP contribution in [-0.2, 0) is 9.59 Å². The number of carboxylic acid groups (broad SMARTS) is 2. The lowest BCUT2D eigenvalue weighted by molar-refractivity contribution is -0.147. The molecule has 0 bridgehead atoms. The Balaban J connectivity index is 0. The SMILES string of the molecule is O=C(O)CC(=O)O.P. The van der Waals surface area contributed by atoms with Gasteiger partial charge in [0.1, 0.15) is 6.42 Å². The molecule has 0 spiro atoms. The van der Waals surface area contributed by atoms with Crippen molar-refractivity contribution in [1.82, 2.24) is 0 Å². The van der Waals surface area contributed by atoms with Crippen LogP contribution in [0.15, 0.2) is 0 Å². The third-order valence-electron chi connectivity index (χ3n) is 0.302. The molecule has 0 aromatic carbocycles. The lowest BCUT2D eigenvalue weighted by Gasteiger charge is -1.80. The topological polar surface area (TPSA) is 74.6 Å². The van der Waals surface area contributed by atoms with Gasteiger partial charge in [0.2, 0.25) is 0 Å². The smallest absolute Gasteiger partial charge is 0.314 e. The molecule has 0 amide bonds. The molecule has 0 saturated heterocycles. The van der Waals surface area contributed by atoms with Crippen LogP contribution in [0.1, 0.15) is 6.42 Å². The number of carboxylic acids is 2. The minimum absolute atomic E-state index is 0. The first-order valence-electron chi connectivity index (χ1n) is 1.56. The van der Waals surface area contributed by atoms with Crippen LogP contribution in [0.4, 0.5) is 0 Å². The van der Waals surface area contributed by atoms with Crippen molar-refractivity contribution in [3.8, 4) is 0 Å². The molecule has 0 aromatic heterocycles. The summed E-state index contributed by atoms with van der Waals surface area (Å²) in [6, 6.07) is 0. The summed E-state index contributed by atoms with van der Waals surface area (Å²) < 4.78 is 0. The zero-order valence-corrected chi connectivity index (χ0v) is 5.54. The number of aliphatic carboxylic acids is 2. The fraction of sp³-hybridized carbons (Fsp3) is 0.333. The molecular formula is C3H7O4P. The van der Waals surface area contributed by atoms with Gasteiger partial charge in [0, 0.05) is 0 Å². The summed E-state index contributed by atoms with van der Waals surface area (Å²) in [5, 5.41) is 15.4. The average Bonchev–Trinajstić information content (AvgIpc) is 1.27. The standard InChI is InChI=1S/C3H4O4.H3P/c4-2(5)1-3(6)7;/h1H2,(H,4,5)(H,6,7);1H3. The molecule has 1 unspecified atom stereocenters. The van der Waals surface area contributed by atoms with Crippen LogP contribution in [-0.4, -0.2) is 22.2 Å². The maximum absolute atomic E-state index is 9.43. The van der Waals surface area contributed by atoms with Gasteiger partial charge < -0.3 is 10.2 Å². The Kier molecular flexibility index (Phi) is 5.87. The summed E-state index contributed by atoms with van der Waals surface area (Å²) in [5.74, 6) is -2.62. The molecule has 0 aliphatic heterocycles. The summed E-state index contributed by atoms with van der Waals surface area (Å²) in [6.07, 6.45) is -0.806. The Bertz CT molecular complexity index is 87.5. The third-order valence-corrected chi connectivity index (χ3v) is 0.302. The molecule has 0 aromatic rings. The molecule has 0 aliphatic carbocycles. The second-order valence-corrected chi connectivity index (χ2v) is 0.964. The van der Waals surface area contributed by atoms with E-state index in [-0.39, 0.29) is 9.90 Å². The molecule has 4 nitrogen and oxygen atoms in total. The Morgan fingerprint density at radius 2 is 1.38 bits per heavy atom. The van der Waals surface area contributed by atoms with E-state index in [1.54, 1.807) is 0 Å². The first-order valence-corrected chi connectivity index (χ1v) is 1.56. The summed E-state index contributed by atoms with van der Waals surface area (Å²) >= 11 is 0. The van der Waals surface area contributed by atoms with Gasteiger partial charge in [0.25, 0.3) is 0 Å². The number of rotatable bonds is 2. The highest BCUT2D eigenvalue weighted by Gasteiger charge is 2.01. The minimum Gasteiger partial charge on any atom is -0.481 e. The predicted octanol–water partition coefficient (Wildman–Crippen LogP) is -0.396. The lowest BCUT2D eigenvalue weighted by atomic mass is 10.5. The molecule has 8 heavy (non-hydrogen) atoms. The van der Waals surface area contributed by atoms with Gasteiger partial charge in [-0.15, -0.1) is 0 Å². The minimum atomic E-state index is -1.31. The van der Waals surface area contributed by atoms with E-state index >= 15 is 0 Å². The van der Waals surface area contributed by atoms with Gasteiger partial charge >= 0.3 is 11.9 Å². The maximum atomic E-state index is 9.43. The van der Waals surface area contributed by atoms with E-state index in [0.717, 1.165) is 0 Å². The third kappa shape index (κ3) is 9.03. The summed E-state index contributed by atoms with van der Waals surface area (Å²) in [6.45, 7) is 0. The van der Waals surface area contributed by atoms with E-state index in [1.807, 2.05) is 0 Å². The second-order valence-electron chi connectivity index (χ2n) is 0.964. The first-order chi connectivity index (χ1) is 3.13. The van der Waals surface area contributed by atoms with Crippen LogP contribution in [0.3, 0.4) is 0 Å². The first kappa shape index (κ1) is 10.4. The predicted molar refractivity (Wildman–Crippen MR) is 31.0 cm³/mol. The van der Waals surface area contributed by atoms with Crippen LogP contribution >= 0.6 is 9.90 Å². The van der Waals surface area contributed by atoms with Gasteiger partial charge in [-0.1, -0.05) is 0 Å². The lowest BCUT2D eigenvalue weighted by Crippen LogP contribution is -2.03. The summed E-state index contributed by atoms with van der Waals surface area (Å²) in [4.78, 5) is 18.9. The van der Waals surface area contributed by atoms with E-state index in [1.165, 1.54) is 0 Å². The van der Waals surface area contributed by atoms with Crippen LogP contribution in [0.5, 0.6) is 0 Å². The Labute approximate surface area is 49.1 Å². The molecule has 5 heteroatoms. The molecular weight excluding hydrogens is 131 g/mol. The molecule has 0 radical (unpaired) electrons. The number of carbonyl (C=O) groups is 2. The largest absolute Gasteiger partial charge is 0.481 e. The monoisotopic (exact) mass is 138 g/mol. The van der Waals surface area contributed by atoms with Crippen LogP contribution in [0.25, 0.3) is 0 Å². The van der Waals surface area contributed by atoms with Gasteiger partial charge in [-0.3, -0.25) is 9.59 Å². The summed E-state index contributed by atoms with van der Waals surface area (Å²) in [5.41, 5.74) is 0. The van der Waals surface area contributed by atoms with Gasteiger partial charge in [-0.05, 0) is 0 Å². The number of hydrogen-bond donors (Lipinski definition) is 2. The normalized spacial score (nSPS) is 7.00. The van der Waals surface area contributed by atoms with Gasteiger partial charge in [0.15, 0.2) is 0 Å². The quantitative estimate of drug-likeness (QED) is 0.402. The van der Waals surface area contributed by atoms with E-state index in [0.29, 0.717) is 0 Å². The van der Waals surface area contributed by atoms with E-state index in [9.17, 15) is 9.59 Å². The fourth-order valence-electron chi connectivity index (χ4n) is 0.129. The van der Waals surface area contributed by atoms with Crippen molar-refractivity contribution in [3.63, 3.8) is 0 Å². The van der Waals surface area contributed by atoms with Crippen molar-refractivity contribution >= 4 is 21.8 Å². The molecule has 0 aliphatic rings. The molecule has 1 atom stereocenters. The van der Waals surface area contributed by atoms with Crippen LogP contribution in [0.2, 0.25) is 0 Å². The Morgan fingerprint density at radius 1 is 1.12 bits per heavy atom. The summed E-state index contributed by atoms with van der Waals surface area (Å²) in [7, 11) is 0. The van der Waals surface area contributed by atoms with Crippen LogP contribution in [0, 0.1) is 0 Å². The van der Waals surface area contributed by atoms with Crippen molar-refractivity contribution in [2.75, 3.05) is 0 Å². The fourth-order valence-corrected chi connectivity index (χ4v) is 0.129. The average molecular weight is 138 g/mol. The molecule has 0 rings (SSSR count). The van der Waals surface area contributed by atoms with Crippen molar-refractivity contribution in [2.24, 2.45) is 0 Å². The van der Waals surface area contributed by atoms with Crippen LogP contribution < -0.4 is 0 Å². The van der Waals surface area contributed by atoms with Crippen molar-refractivity contribution in [2.45, 2.75) is 6.42 Å². The van der Waals surface area contributed by atoms with Crippen molar-refractivity contribution < 1.29 is 19.8 Å². The van der Waals surface area contributed by atoms with Gasteiger partial charge in [-0.2, -0.15) is 9.90 Å². The zero-order chi connectivity index (χ0) is 5.86. The molecule has 2 N–H and O–H groups in total. The van der Waals surface area contributed by atoms with E-state index < -0.39 is 18.4 Å². The van der Waals surface area contributed by atoms with Gasteiger partial charge in [-0.25, -0.2) is 0 Å². The molecule has 0 fully saturated rings. The Morgan fingerprint density at radius 3 is 1.38 bits per heavy atom. The molecule has 48 valence electrons. The van der Waals surface area contributed by atoms with Crippen molar-refractivity contribution in [1.29, 1.82) is 0 Å². The highest BCUT2D eigenvalue weighted by Crippen LogP contribution is 1.74. The maximum Gasteiger partial charge on any atom is 0.314 e.